The molecule has 182 valence electrons. The van der Waals surface area contributed by atoms with Crippen LogP contribution in [-0.2, 0) is 24.5 Å². The maximum absolute atomic E-state index is 5.89. The first kappa shape index (κ1) is 23.8. The van der Waals surface area contributed by atoms with E-state index in [1.54, 1.807) is 0 Å². The van der Waals surface area contributed by atoms with E-state index >= 15 is 0 Å². The van der Waals surface area contributed by atoms with E-state index in [1.807, 2.05) is 18.2 Å². The van der Waals surface area contributed by atoms with Crippen molar-refractivity contribution >= 4 is 21.8 Å². The molecule has 0 saturated carbocycles. The lowest BCUT2D eigenvalue weighted by atomic mass is 10.0. The average molecular weight is 476 g/mol. The molecule has 0 bridgehead atoms. The van der Waals surface area contributed by atoms with E-state index in [4.69, 9.17) is 4.84 Å². The summed E-state index contributed by atoms with van der Waals surface area (Å²) in [5, 5.41) is 11.4. The van der Waals surface area contributed by atoms with Gasteiger partial charge in [0.25, 0.3) is 0 Å². The van der Waals surface area contributed by atoms with Gasteiger partial charge in [-0.15, -0.1) is 0 Å². The highest BCUT2D eigenvalue weighted by Crippen LogP contribution is 2.25. The molecule has 4 heteroatoms. The van der Waals surface area contributed by atoms with Gasteiger partial charge < -0.3 is 14.7 Å². The van der Waals surface area contributed by atoms with Crippen LogP contribution in [0.15, 0.2) is 102 Å². The van der Waals surface area contributed by atoms with E-state index < -0.39 is 0 Å². The van der Waals surface area contributed by atoms with Gasteiger partial charge in [-0.2, -0.15) is 0 Å². The molecule has 0 atom stereocenters. The monoisotopic (exact) mass is 475 g/mol. The van der Waals surface area contributed by atoms with Crippen molar-refractivity contribution in [1.29, 1.82) is 0 Å². The standard InChI is InChI=1S/C32H33N3O/c1-24-18-19-29-31(34-36-23-27-14-7-4-8-15-27)28-16-9-10-17-30(28)35(32(29)25(24)2)21-11-20-33-22-26-12-5-3-6-13-26/h3-10,12-19,33H,11,20-23H2,1-2H3. The van der Waals surface area contributed by atoms with Gasteiger partial charge in [-0.1, -0.05) is 96.2 Å². The van der Waals surface area contributed by atoms with Gasteiger partial charge in [0.15, 0.2) is 0 Å². The van der Waals surface area contributed by atoms with Crippen molar-refractivity contribution in [3.63, 3.8) is 0 Å². The fourth-order valence-electron chi connectivity index (χ4n) is 4.78. The van der Waals surface area contributed by atoms with E-state index in [-0.39, 0.29) is 0 Å². The molecule has 4 nitrogen and oxygen atoms in total. The smallest absolute Gasteiger partial charge is 0.142 e. The predicted molar refractivity (Wildman–Crippen MR) is 148 cm³/mol. The highest BCUT2D eigenvalue weighted by molar-refractivity contribution is 5.95. The Morgan fingerprint density at radius 3 is 2.22 bits per heavy atom. The molecule has 5 aromatic rings. The number of hydrogen-bond donors (Lipinski definition) is 1. The lowest BCUT2D eigenvalue weighted by molar-refractivity contribution is 0.121. The van der Waals surface area contributed by atoms with E-state index in [2.05, 4.69) is 108 Å². The Kier molecular flexibility index (Phi) is 7.44. The Morgan fingerprint density at radius 1 is 0.750 bits per heavy atom. The fraction of sp³-hybridized carbons (Fsp3) is 0.219. The number of aryl methyl sites for hydroxylation is 3. The quantitative estimate of drug-likeness (QED) is 0.148. The molecular formula is C32H33N3O. The minimum absolute atomic E-state index is 0.448. The molecule has 1 aromatic heterocycles. The molecule has 0 aliphatic heterocycles. The highest BCUT2D eigenvalue weighted by atomic mass is 16.6. The second kappa shape index (κ2) is 11.2. The number of rotatable bonds is 9. The van der Waals surface area contributed by atoms with Crippen LogP contribution in [0.4, 0.5) is 0 Å². The zero-order chi connectivity index (χ0) is 24.7. The third-order valence-corrected chi connectivity index (χ3v) is 6.81. The van der Waals surface area contributed by atoms with Crippen molar-refractivity contribution in [2.24, 2.45) is 5.16 Å². The van der Waals surface area contributed by atoms with Crippen LogP contribution in [0.1, 0.15) is 28.7 Å². The summed E-state index contributed by atoms with van der Waals surface area (Å²) in [5.41, 5.74) is 7.41. The molecule has 5 rings (SSSR count). The summed E-state index contributed by atoms with van der Waals surface area (Å²) in [6.45, 7) is 7.61. The van der Waals surface area contributed by atoms with E-state index in [1.165, 1.54) is 27.7 Å². The molecular weight excluding hydrogens is 442 g/mol. The molecule has 0 fully saturated rings. The van der Waals surface area contributed by atoms with Crippen molar-refractivity contribution in [1.82, 2.24) is 9.88 Å². The van der Waals surface area contributed by atoms with Gasteiger partial charge in [-0.05, 0) is 55.1 Å². The van der Waals surface area contributed by atoms with Gasteiger partial charge in [-0.25, -0.2) is 0 Å². The Morgan fingerprint density at radius 2 is 1.44 bits per heavy atom. The Balaban J connectivity index is 1.48. The van der Waals surface area contributed by atoms with Gasteiger partial charge in [-0.3, -0.25) is 0 Å². The van der Waals surface area contributed by atoms with Crippen molar-refractivity contribution in [3.05, 3.63) is 125 Å². The second-order valence-corrected chi connectivity index (χ2v) is 9.29. The Bertz CT molecular complexity index is 1520. The first-order chi connectivity index (χ1) is 17.7. The zero-order valence-corrected chi connectivity index (χ0v) is 21.1. The first-order valence-corrected chi connectivity index (χ1v) is 12.7. The van der Waals surface area contributed by atoms with Crippen LogP contribution in [0.2, 0.25) is 0 Å². The Hall–Kier alpha value is -3.89. The molecule has 0 aliphatic carbocycles. The molecule has 36 heavy (non-hydrogen) atoms. The van der Waals surface area contributed by atoms with Crippen LogP contribution in [0.5, 0.6) is 0 Å². The number of nitrogens with one attached hydrogen (secondary N) is 1. The summed E-state index contributed by atoms with van der Waals surface area (Å²) >= 11 is 0. The molecule has 0 spiro atoms. The molecule has 0 saturated heterocycles. The molecule has 0 amide bonds. The van der Waals surface area contributed by atoms with Crippen LogP contribution in [-0.4, -0.2) is 11.1 Å². The Labute approximate surface area is 212 Å². The van der Waals surface area contributed by atoms with Crippen LogP contribution in [0, 0.1) is 13.8 Å². The molecule has 4 aromatic carbocycles. The minimum atomic E-state index is 0.448. The first-order valence-electron chi connectivity index (χ1n) is 12.7. The normalized spacial score (nSPS) is 11.9. The van der Waals surface area contributed by atoms with Gasteiger partial charge >= 0.3 is 0 Å². The number of aromatic nitrogens is 1. The third kappa shape index (κ3) is 5.19. The van der Waals surface area contributed by atoms with Gasteiger partial charge in [0, 0.05) is 23.9 Å². The maximum atomic E-state index is 5.89. The maximum Gasteiger partial charge on any atom is 0.142 e. The topological polar surface area (TPSA) is 38.5 Å². The van der Waals surface area contributed by atoms with E-state index in [0.29, 0.717) is 6.61 Å². The molecule has 0 aliphatic rings. The van der Waals surface area contributed by atoms with Crippen LogP contribution < -0.4 is 10.7 Å². The van der Waals surface area contributed by atoms with Crippen molar-refractivity contribution in [2.75, 3.05) is 6.54 Å². The van der Waals surface area contributed by atoms with Crippen molar-refractivity contribution in [3.8, 4) is 0 Å². The number of benzene rings is 4. The SMILES string of the molecule is Cc1ccc2c(=NOCc3ccccc3)c3ccccc3n(CCCNCc3ccccc3)c2c1C. The fourth-order valence-corrected chi connectivity index (χ4v) is 4.78. The van der Waals surface area contributed by atoms with Crippen LogP contribution >= 0.6 is 0 Å². The predicted octanol–water partition coefficient (Wildman–Crippen LogP) is 6.62. The number of para-hydroxylation sites is 1. The minimum Gasteiger partial charge on any atom is -0.390 e. The highest BCUT2D eigenvalue weighted by Gasteiger charge is 2.13. The largest absolute Gasteiger partial charge is 0.390 e. The summed E-state index contributed by atoms with van der Waals surface area (Å²) in [6.07, 6.45) is 1.03. The molecule has 1 heterocycles. The lowest BCUT2D eigenvalue weighted by Gasteiger charge is -2.19. The van der Waals surface area contributed by atoms with E-state index in [0.717, 1.165) is 47.7 Å². The second-order valence-electron chi connectivity index (χ2n) is 9.29. The molecule has 0 unspecified atom stereocenters. The van der Waals surface area contributed by atoms with E-state index in [9.17, 15) is 0 Å². The zero-order valence-electron chi connectivity index (χ0n) is 21.1. The molecule has 0 radical (unpaired) electrons. The van der Waals surface area contributed by atoms with Crippen molar-refractivity contribution < 1.29 is 4.84 Å². The number of nitrogens with zero attached hydrogens (tertiary/aromatic N) is 2. The molecule has 1 N–H and O–H groups in total. The van der Waals surface area contributed by atoms with Crippen LogP contribution in [0.3, 0.4) is 0 Å². The average Bonchev–Trinajstić information content (AvgIpc) is 2.92. The van der Waals surface area contributed by atoms with Crippen molar-refractivity contribution in [2.45, 2.75) is 40.0 Å². The summed E-state index contributed by atoms with van der Waals surface area (Å²) < 4.78 is 2.47. The van der Waals surface area contributed by atoms with Gasteiger partial charge in [0.2, 0.25) is 0 Å². The lowest BCUT2D eigenvalue weighted by Crippen LogP contribution is -2.19. The van der Waals surface area contributed by atoms with Gasteiger partial charge in [0.1, 0.15) is 12.0 Å². The van der Waals surface area contributed by atoms with Gasteiger partial charge in [0.05, 0.1) is 11.0 Å². The summed E-state index contributed by atoms with van der Waals surface area (Å²) in [4.78, 5) is 5.89. The number of fused-ring (bicyclic) bond motifs is 2. The number of pyridine rings is 1. The summed E-state index contributed by atoms with van der Waals surface area (Å²) in [5.74, 6) is 0. The number of hydrogen-bond acceptors (Lipinski definition) is 3. The summed E-state index contributed by atoms with van der Waals surface area (Å²) in [7, 11) is 0. The third-order valence-electron chi connectivity index (χ3n) is 6.81. The summed E-state index contributed by atoms with van der Waals surface area (Å²) in [6, 6.07) is 33.7. The van der Waals surface area contributed by atoms with Crippen LogP contribution in [0.25, 0.3) is 21.8 Å².